The molecule has 0 aliphatic carbocycles. The van der Waals surface area contributed by atoms with E-state index in [1.54, 1.807) is 24.0 Å². The minimum Gasteiger partial charge on any atom is -0.450 e. The number of hydrogen-bond donors (Lipinski definition) is 1. The molecule has 6 nitrogen and oxygen atoms in total. The van der Waals surface area contributed by atoms with E-state index in [9.17, 15) is 9.59 Å². The van der Waals surface area contributed by atoms with E-state index >= 15 is 0 Å². The zero-order chi connectivity index (χ0) is 21.3. The lowest BCUT2D eigenvalue weighted by Crippen LogP contribution is -2.49. The summed E-state index contributed by atoms with van der Waals surface area (Å²) in [5, 5.41) is 4.48. The first kappa shape index (κ1) is 20.8. The molecule has 0 saturated carbocycles. The van der Waals surface area contributed by atoms with Crippen LogP contribution in [0.5, 0.6) is 0 Å². The Kier molecular flexibility index (Phi) is 6.06. The van der Waals surface area contributed by atoms with Crippen molar-refractivity contribution in [3.05, 3.63) is 63.6 Å². The first-order chi connectivity index (χ1) is 14.5. The highest BCUT2D eigenvalue weighted by atomic mass is 35.5. The number of nitrogens with zero attached hydrogens (tertiary/aromatic N) is 2. The zero-order valence-electron chi connectivity index (χ0n) is 16.6. The molecule has 8 heteroatoms. The van der Waals surface area contributed by atoms with Crippen LogP contribution in [0.1, 0.15) is 41.9 Å². The molecule has 1 atom stereocenters. The standard InChI is InChI=1S/C22H23Cl2N3O3/c1-2-30-22(29)26-11-9-15(10-12-26)27-20(16-5-3-4-6-17(16)21(27)28)25-19-8-7-14(23)13-18(19)24/h3-8,13,15,20,25H,2,9-12H2,1H3/t20-/m0/s1. The third-order valence-corrected chi connectivity index (χ3v) is 6.15. The summed E-state index contributed by atoms with van der Waals surface area (Å²) in [7, 11) is 0. The Morgan fingerprint density at radius 1 is 1.17 bits per heavy atom. The lowest BCUT2D eigenvalue weighted by molar-refractivity contribution is 0.0496. The van der Waals surface area contributed by atoms with E-state index in [0.717, 1.165) is 5.56 Å². The van der Waals surface area contributed by atoms with E-state index in [4.69, 9.17) is 27.9 Å². The third-order valence-electron chi connectivity index (χ3n) is 5.61. The zero-order valence-corrected chi connectivity index (χ0v) is 18.1. The molecule has 2 aliphatic heterocycles. The fraction of sp³-hybridized carbons (Fsp3) is 0.364. The van der Waals surface area contributed by atoms with Gasteiger partial charge in [-0.3, -0.25) is 4.79 Å². The van der Waals surface area contributed by atoms with Gasteiger partial charge >= 0.3 is 6.09 Å². The van der Waals surface area contributed by atoms with Crippen LogP contribution in [0, 0.1) is 0 Å². The topological polar surface area (TPSA) is 61.9 Å². The molecule has 1 N–H and O–H groups in total. The molecule has 30 heavy (non-hydrogen) atoms. The molecule has 0 unspecified atom stereocenters. The maximum absolute atomic E-state index is 13.3. The number of carbonyl (C=O) groups excluding carboxylic acids is 2. The summed E-state index contributed by atoms with van der Waals surface area (Å²) < 4.78 is 5.11. The number of nitrogens with one attached hydrogen (secondary N) is 1. The van der Waals surface area contributed by atoms with Crippen LogP contribution < -0.4 is 5.32 Å². The first-order valence-corrected chi connectivity index (χ1v) is 10.8. The lowest BCUT2D eigenvalue weighted by Gasteiger charge is -2.39. The van der Waals surface area contributed by atoms with Gasteiger partial charge in [-0.25, -0.2) is 4.79 Å². The lowest BCUT2D eigenvalue weighted by atomic mass is 10.0. The van der Waals surface area contributed by atoms with Crippen molar-refractivity contribution in [2.24, 2.45) is 0 Å². The molecule has 2 aromatic rings. The van der Waals surface area contributed by atoms with Crippen molar-refractivity contribution in [3.63, 3.8) is 0 Å². The van der Waals surface area contributed by atoms with E-state index in [1.165, 1.54) is 0 Å². The fourth-order valence-corrected chi connectivity index (χ4v) is 4.62. The molecule has 158 valence electrons. The predicted molar refractivity (Wildman–Crippen MR) is 117 cm³/mol. The summed E-state index contributed by atoms with van der Waals surface area (Å²) >= 11 is 12.4. The Bertz CT molecular complexity index is 960. The summed E-state index contributed by atoms with van der Waals surface area (Å²) in [5.74, 6) is -0.0113. The summed E-state index contributed by atoms with van der Waals surface area (Å²) in [6, 6.07) is 12.9. The normalized spacial score (nSPS) is 19.0. The van der Waals surface area contributed by atoms with Crippen LogP contribution >= 0.6 is 23.2 Å². The Labute approximate surface area is 185 Å². The van der Waals surface area contributed by atoms with E-state index in [-0.39, 0.29) is 24.2 Å². The Balaban J connectivity index is 1.58. The highest BCUT2D eigenvalue weighted by Crippen LogP contribution is 2.39. The number of fused-ring (bicyclic) bond motifs is 1. The highest BCUT2D eigenvalue weighted by Gasteiger charge is 2.42. The predicted octanol–water partition coefficient (Wildman–Crippen LogP) is 5.18. The smallest absolute Gasteiger partial charge is 0.409 e. The van der Waals surface area contributed by atoms with E-state index in [2.05, 4.69) is 5.32 Å². The number of likely N-dealkylation sites (tertiary alicyclic amines) is 1. The average molecular weight is 448 g/mol. The van der Waals surface area contributed by atoms with Gasteiger partial charge in [0.2, 0.25) is 0 Å². The molecular weight excluding hydrogens is 425 g/mol. The van der Waals surface area contributed by atoms with Gasteiger partial charge in [0.25, 0.3) is 5.91 Å². The molecule has 0 spiro atoms. The van der Waals surface area contributed by atoms with Gasteiger partial charge in [0, 0.05) is 35.3 Å². The largest absolute Gasteiger partial charge is 0.450 e. The number of benzene rings is 2. The number of piperidine rings is 1. The number of halogens is 2. The quantitative estimate of drug-likeness (QED) is 0.700. The van der Waals surface area contributed by atoms with Gasteiger partial charge in [-0.1, -0.05) is 41.4 Å². The molecule has 1 saturated heterocycles. The minimum absolute atomic E-state index is 0.000785. The molecular formula is C22H23Cl2N3O3. The van der Waals surface area contributed by atoms with Gasteiger partial charge < -0.3 is 19.9 Å². The number of carbonyl (C=O) groups is 2. The van der Waals surface area contributed by atoms with Gasteiger partial charge in [0.15, 0.2) is 0 Å². The number of anilines is 1. The molecule has 2 aromatic carbocycles. The first-order valence-electron chi connectivity index (χ1n) is 10.0. The Morgan fingerprint density at radius 2 is 1.90 bits per heavy atom. The SMILES string of the molecule is CCOC(=O)N1CCC(N2C(=O)c3ccccc3[C@H]2Nc2ccc(Cl)cc2Cl)CC1. The maximum atomic E-state index is 13.3. The molecule has 2 aliphatic rings. The molecule has 2 amide bonds. The van der Waals surface area contributed by atoms with Gasteiger partial charge in [0.05, 0.1) is 17.3 Å². The van der Waals surface area contributed by atoms with E-state index in [0.29, 0.717) is 53.8 Å². The van der Waals surface area contributed by atoms with Gasteiger partial charge in [-0.05, 0) is 44.0 Å². The van der Waals surface area contributed by atoms with Crippen LogP contribution in [0.3, 0.4) is 0 Å². The fourth-order valence-electron chi connectivity index (χ4n) is 4.16. The van der Waals surface area contributed by atoms with E-state index in [1.807, 2.05) is 35.2 Å². The van der Waals surface area contributed by atoms with Crippen molar-refractivity contribution >= 4 is 40.9 Å². The molecule has 0 bridgehead atoms. The van der Waals surface area contributed by atoms with Crippen molar-refractivity contribution < 1.29 is 14.3 Å². The van der Waals surface area contributed by atoms with Crippen LogP contribution in [-0.4, -0.2) is 47.5 Å². The second kappa shape index (κ2) is 8.74. The summed E-state index contributed by atoms with van der Waals surface area (Å²) in [4.78, 5) is 28.9. The van der Waals surface area contributed by atoms with Crippen molar-refractivity contribution in [3.8, 4) is 0 Å². The minimum atomic E-state index is -0.341. The molecule has 1 fully saturated rings. The number of amides is 2. The molecule has 4 rings (SSSR count). The van der Waals surface area contributed by atoms with Crippen LogP contribution in [-0.2, 0) is 4.74 Å². The Morgan fingerprint density at radius 3 is 2.60 bits per heavy atom. The van der Waals surface area contributed by atoms with Crippen LogP contribution in [0.4, 0.5) is 10.5 Å². The second-order valence-electron chi connectivity index (χ2n) is 7.39. The average Bonchev–Trinajstić information content (AvgIpc) is 3.02. The summed E-state index contributed by atoms with van der Waals surface area (Å²) in [6.45, 7) is 3.26. The van der Waals surface area contributed by atoms with Crippen molar-refractivity contribution in [1.29, 1.82) is 0 Å². The maximum Gasteiger partial charge on any atom is 0.409 e. The monoisotopic (exact) mass is 447 g/mol. The van der Waals surface area contributed by atoms with Gasteiger partial charge in [-0.2, -0.15) is 0 Å². The Hall–Kier alpha value is -2.44. The van der Waals surface area contributed by atoms with Crippen LogP contribution in [0.15, 0.2) is 42.5 Å². The summed E-state index contributed by atoms with van der Waals surface area (Å²) in [6.07, 6.45) is 0.733. The number of rotatable bonds is 4. The van der Waals surface area contributed by atoms with Crippen molar-refractivity contribution in [2.45, 2.75) is 32.0 Å². The van der Waals surface area contributed by atoms with Crippen LogP contribution in [0.25, 0.3) is 0 Å². The van der Waals surface area contributed by atoms with Gasteiger partial charge in [-0.15, -0.1) is 0 Å². The van der Waals surface area contributed by atoms with E-state index < -0.39 is 0 Å². The summed E-state index contributed by atoms with van der Waals surface area (Å²) in [5.41, 5.74) is 2.32. The number of ether oxygens (including phenoxy) is 1. The molecule has 0 aromatic heterocycles. The highest BCUT2D eigenvalue weighted by molar-refractivity contribution is 6.36. The molecule has 0 radical (unpaired) electrons. The van der Waals surface area contributed by atoms with Crippen LogP contribution in [0.2, 0.25) is 10.0 Å². The second-order valence-corrected chi connectivity index (χ2v) is 8.23. The third kappa shape index (κ3) is 3.94. The van der Waals surface area contributed by atoms with Crippen molar-refractivity contribution in [1.82, 2.24) is 9.80 Å². The number of hydrogen-bond acceptors (Lipinski definition) is 4. The van der Waals surface area contributed by atoms with Gasteiger partial charge in [0.1, 0.15) is 6.17 Å². The van der Waals surface area contributed by atoms with Crippen molar-refractivity contribution in [2.75, 3.05) is 25.0 Å². The molecule has 2 heterocycles.